The number of benzene rings is 1. The zero-order chi connectivity index (χ0) is 20.1. The topological polar surface area (TPSA) is 91.3 Å². The number of hydrogen-bond donors (Lipinski definition) is 1. The van der Waals surface area contributed by atoms with E-state index in [0.717, 1.165) is 0 Å². The summed E-state index contributed by atoms with van der Waals surface area (Å²) in [6.45, 7) is 4.24. The van der Waals surface area contributed by atoms with E-state index in [1.165, 1.54) is 19.6 Å². The second kappa shape index (κ2) is 9.07. The van der Waals surface area contributed by atoms with Gasteiger partial charge in [0.15, 0.2) is 5.82 Å². The maximum atomic E-state index is 6.21. The smallest absolute Gasteiger partial charge is 0.318 e. The molecule has 0 saturated heterocycles. The van der Waals surface area contributed by atoms with Gasteiger partial charge < -0.3 is 19.5 Å². The number of halogens is 2. The molecule has 0 unspecified atom stereocenters. The molecule has 2 heterocycles. The van der Waals surface area contributed by atoms with Crippen LogP contribution in [0.1, 0.15) is 13.8 Å². The number of nitrogens with zero attached hydrogens (tertiary/aromatic N) is 4. The van der Waals surface area contributed by atoms with Crippen molar-refractivity contribution in [2.75, 3.05) is 24.9 Å². The Morgan fingerprint density at radius 3 is 2.68 bits per heavy atom. The summed E-state index contributed by atoms with van der Waals surface area (Å²) in [5, 5.41) is 4.10. The van der Waals surface area contributed by atoms with Crippen LogP contribution in [0.25, 0.3) is 10.9 Å². The summed E-state index contributed by atoms with van der Waals surface area (Å²) in [5.74, 6) is 2.38. The second-order valence-electron chi connectivity index (χ2n) is 5.92. The van der Waals surface area contributed by atoms with E-state index in [-0.39, 0.29) is 12.1 Å². The van der Waals surface area contributed by atoms with Crippen molar-refractivity contribution in [2.24, 2.45) is 0 Å². The van der Waals surface area contributed by atoms with Gasteiger partial charge in [0, 0.05) is 12.1 Å². The lowest BCUT2D eigenvalue weighted by molar-refractivity contribution is 0.243. The zero-order valence-electron chi connectivity index (χ0n) is 15.6. The quantitative estimate of drug-likeness (QED) is 0.538. The summed E-state index contributed by atoms with van der Waals surface area (Å²) in [5.41, 5.74) is 0.636. The van der Waals surface area contributed by atoms with E-state index in [0.29, 0.717) is 51.5 Å². The molecule has 0 atom stereocenters. The van der Waals surface area contributed by atoms with Crippen LogP contribution in [-0.2, 0) is 0 Å². The number of rotatable bonds is 8. The van der Waals surface area contributed by atoms with Crippen LogP contribution in [0.2, 0.25) is 5.02 Å². The highest BCUT2D eigenvalue weighted by Gasteiger charge is 2.16. The first-order valence-electron chi connectivity index (χ1n) is 8.49. The van der Waals surface area contributed by atoms with Crippen molar-refractivity contribution in [1.82, 2.24) is 19.9 Å². The van der Waals surface area contributed by atoms with Gasteiger partial charge in [-0.3, -0.25) is 0 Å². The highest BCUT2D eigenvalue weighted by Crippen LogP contribution is 2.36. The van der Waals surface area contributed by atoms with Crippen molar-refractivity contribution < 1.29 is 14.2 Å². The number of alkyl halides is 1. The van der Waals surface area contributed by atoms with Crippen LogP contribution < -0.4 is 19.5 Å². The third-order valence-corrected chi connectivity index (χ3v) is 3.96. The predicted molar refractivity (Wildman–Crippen MR) is 108 cm³/mol. The molecule has 0 aliphatic heterocycles. The first-order chi connectivity index (χ1) is 13.5. The summed E-state index contributed by atoms with van der Waals surface area (Å²) >= 11 is 11.9. The van der Waals surface area contributed by atoms with Crippen molar-refractivity contribution in [3.63, 3.8) is 0 Å². The summed E-state index contributed by atoms with van der Waals surface area (Å²) in [4.78, 5) is 16.9. The van der Waals surface area contributed by atoms with E-state index in [4.69, 9.17) is 37.4 Å². The molecule has 0 aliphatic rings. The van der Waals surface area contributed by atoms with Crippen molar-refractivity contribution in [2.45, 2.75) is 20.0 Å². The molecular formula is C18H19Cl2N5O3. The van der Waals surface area contributed by atoms with E-state index in [1.54, 1.807) is 12.1 Å². The third kappa shape index (κ3) is 4.63. The Bertz CT molecular complexity index is 971. The summed E-state index contributed by atoms with van der Waals surface area (Å²) in [6, 6.07) is 3.76. The maximum absolute atomic E-state index is 6.21. The van der Waals surface area contributed by atoms with Crippen LogP contribution in [0.15, 0.2) is 24.7 Å². The summed E-state index contributed by atoms with van der Waals surface area (Å²) < 4.78 is 16.7. The highest BCUT2D eigenvalue weighted by atomic mass is 35.5. The van der Waals surface area contributed by atoms with Gasteiger partial charge in [0.25, 0.3) is 0 Å². The largest absolute Gasteiger partial charge is 0.492 e. The van der Waals surface area contributed by atoms with Crippen molar-refractivity contribution in [3.8, 4) is 17.5 Å². The Hall–Kier alpha value is -2.58. The van der Waals surface area contributed by atoms with Gasteiger partial charge in [-0.15, -0.1) is 11.6 Å². The zero-order valence-corrected chi connectivity index (χ0v) is 17.1. The van der Waals surface area contributed by atoms with Crippen LogP contribution in [-0.4, -0.2) is 45.6 Å². The van der Waals surface area contributed by atoms with Crippen LogP contribution in [0, 0.1) is 0 Å². The molecule has 8 nitrogen and oxygen atoms in total. The Morgan fingerprint density at radius 2 is 1.96 bits per heavy atom. The number of ether oxygens (including phenoxy) is 3. The summed E-state index contributed by atoms with van der Waals surface area (Å²) in [6.07, 6.45) is 2.81. The van der Waals surface area contributed by atoms with Crippen molar-refractivity contribution in [3.05, 3.63) is 29.7 Å². The minimum atomic E-state index is -0.0673. The van der Waals surface area contributed by atoms with E-state index in [2.05, 4.69) is 25.3 Å². The number of anilines is 2. The molecule has 3 rings (SSSR count). The number of methoxy groups -OCH3 is 1. The lowest BCUT2D eigenvalue weighted by Crippen LogP contribution is -2.08. The van der Waals surface area contributed by atoms with E-state index in [1.807, 2.05) is 13.8 Å². The Labute approximate surface area is 172 Å². The van der Waals surface area contributed by atoms with Gasteiger partial charge >= 0.3 is 6.01 Å². The number of aromatic nitrogens is 4. The molecule has 3 aromatic rings. The second-order valence-corrected chi connectivity index (χ2v) is 6.71. The fraction of sp³-hybridized carbons (Fsp3) is 0.333. The minimum Gasteiger partial charge on any atom is -0.492 e. The molecule has 0 saturated carbocycles. The molecule has 0 radical (unpaired) electrons. The average molecular weight is 424 g/mol. The Balaban J connectivity index is 2.10. The standard InChI is InChI=1S/C18H19Cl2N5O3/c1-10(2)28-14-7-11(27-5-4-19)6-13-15(14)17(23-9-22-13)24-16-12(20)8-21-18(25-16)26-3/h6-10H,4-5H2,1-3H3,(H,21,22,23,24,25). The van der Waals surface area contributed by atoms with Gasteiger partial charge in [-0.05, 0) is 13.8 Å². The average Bonchev–Trinajstić information content (AvgIpc) is 2.67. The molecule has 1 aromatic carbocycles. The minimum absolute atomic E-state index is 0.0673. The summed E-state index contributed by atoms with van der Waals surface area (Å²) in [7, 11) is 1.48. The van der Waals surface area contributed by atoms with Crippen LogP contribution in [0.5, 0.6) is 17.5 Å². The van der Waals surface area contributed by atoms with E-state index < -0.39 is 0 Å². The molecule has 0 fully saturated rings. The molecule has 0 aliphatic carbocycles. The normalized spacial score (nSPS) is 10.9. The molecule has 1 N–H and O–H groups in total. The van der Waals surface area contributed by atoms with Crippen LogP contribution in [0.4, 0.5) is 11.6 Å². The molecule has 148 valence electrons. The first kappa shape index (κ1) is 20.2. The molecule has 10 heteroatoms. The predicted octanol–water partition coefficient (Wildman–Crippen LogP) is 4.23. The van der Waals surface area contributed by atoms with Gasteiger partial charge in [0.2, 0.25) is 0 Å². The lowest BCUT2D eigenvalue weighted by atomic mass is 10.2. The van der Waals surface area contributed by atoms with Gasteiger partial charge in [0.1, 0.15) is 35.3 Å². The van der Waals surface area contributed by atoms with Gasteiger partial charge in [-0.1, -0.05) is 11.6 Å². The molecule has 2 aromatic heterocycles. The van der Waals surface area contributed by atoms with Crippen LogP contribution in [0.3, 0.4) is 0 Å². The molecular weight excluding hydrogens is 405 g/mol. The number of nitrogens with one attached hydrogen (secondary N) is 1. The first-order valence-corrected chi connectivity index (χ1v) is 9.40. The SMILES string of the molecule is COc1ncc(Cl)c(Nc2ncnc3cc(OCCCl)cc(OC(C)C)c23)n1. The Kier molecular flexibility index (Phi) is 6.53. The Morgan fingerprint density at radius 1 is 1.14 bits per heavy atom. The molecule has 28 heavy (non-hydrogen) atoms. The van der Waals surface area contributed by atoms with E-state index in [9.17, 15) is 0 Å². The van der Waals surface area contributed by atoms with Crippen molar-refractivity contribution in [1.29, 1.82) is 0 Å². The number of fused-ring (bicyclic) bond motifs is 1. The van der Waals surface area contributed by atoms with Gasteiger partial charge in [0.05, 0.1) is 36.2 Å². The number of hydrogen-bond acceptors (Lipinski definition) is 8. The monoisotopic (exact) mass is 423 g/mol. The van der Waals surface area contributed by atoms with Gasteiger partial charge in [-0.2, -0.15) is 4.98 Å². The molecule has 0 bridgehead atoms. The fourth-order valence-corrected chi connectivity index (χ4v) is 2.68. The third-order valence-electron chi connectivity index (χ3n) is 3.53. The maximum Gasteiger partial charge on any atom is 0.318 e. The van der Waals surface area contributed by atoms with Crippen LogP contribution >= 0.6 is 23.2 Å². The highest BCUT2D eigenvalue weighted by molar-refractivity contribution is 6.33. The van der Waals surface area contributed by atoms with E-state index >= 15 is 0 Å². The lowest BCUT2D eigenvalue weighted by Gasteiger charge is -2.17. The molecule has 0 amide bonds. The fourth-order valence-electron chi connectivity index (χ4n) is 2.46. The molecule has 0 spiro atoms. The van der Waals surface area contributed by atoms with Crippen molar-refractivity contribution >= 4 is 45.7 Å². The van der Waals surface area contributed by atoms with Gasteiger partial charge in [-0.25, -0.2) is 15.0 Å².